The average molecular weight is 816 g/mol. The summed E-state index contributed by atoms with van der Waals surface area (Å²) in [6, 6.07) is 60.4. The molecule has 0 saturated heterocycles. The van der Waals surface area contributed by atoms with Gasteiger partial charge in [0.05, 0.1) is 0 Å². The number of aromatic nitrogens is 3. The molecule has 1 aromatic heterocycles. The van der Waals surface area contributed by atoms with Gasteiger partial charge in [0.25, 0.3) is 0 Å². The number of fused-ring (bicyclic) bond motifs is 11. The molecule has 5 unspecified atom stereocenters. The highest BCUT2D eigenvalue weighted by molar-refractivity contribution is 5.91. The van der Waals surface area contributed by atoms with E-state index in [0.717, 1.165) is 28.5 Å². The Balaban J connectivity index is 1.00. The number of hydrogen-bond acceptors (Lipinski definition) is 3. The van der Waals surface area contributed by atoms with Gasteiger partial charge in [-0.1, -0.05) is 180 Å². The molecule has 0 amide bonds. The Bertz CT molecular complexity index is 3010. The molecule has 8 aromatic rings. The third-order valence-corrected chi connectivity index (χ3v) is 15.9. The van der Waals surface area contributed by atoms with Gasteiger partial charge in [-0.25, -0.2) is 15.0 Å². The van der Waals surface area contributed by atoms with Crippen molar-refractivity contribution in [3.63, 3.8) is 0 Å². The summed E-state index contributed by atoms with van der Waals surface area (Å²) in [6.07, 6.45) is 6.56. The van der Waals surface area contributed by atoms with E-state index in [1.54, 1.807) is 5.56 Å². The molecule has 0 N–H and O–H groups in total. The third-order valence-electron chi connectivity index (χ3n) is 15.9. The van der Waals surface area contributed by atoms with E-state index in [1.807, 2.05) is 36.4 Å². The first-order valence-electron chi connectivity index (χ1n) is 23.3. The molecule has 4 aliphatic rings. The Kier molecular flexibility index (Phi) is 8.84. The Morgan fingerprint density at radius 1 is 0.444 bits per heavy atom. The van der Waals surface area contributed by atoms with Gasteiger partial charge in [-0.05, 0) is 134 Å². The van der Waals surface area contributed by atoms with Gasteiger partial charge in [0.1, 0.15) is 0 Å². The van der Waals surface area contributed by atoms with E-state index in [2.05, 4.69) is 155 Å². The van der Waals surface area contributed by atoms with Gasteiger partial charge in [0.2, 0.25) is 0 Å². The maximum Gasteiger partial charge on any atom is 0.164 e. The fourth-order valence-electron chi connectivity index (χ4n) is 13.1. The van der Waals surface area contributed by atoms with Crippen LogP contribution in [0.15, 0.2) is 164 Å². The molecule has 0 radical (unpaired) electrons. The van der Waals surface area contributed by atoms with Crippen molar-refractivity contribution in [1.82, 2.24) is 15.0 Å². The Morgan fingerprint density at radius 2 is 0.968 bits per heavy atom. The minimum absolute atomic E-state index is 0.0571. The van der Waals surface area contributed by atoms with Gasteiger partial charge in [-0.15, -0.1) is 0 Å². The standard InChI is InChI=1S/C60H53N3/c1-5-38-31-39-30-37(2)60(46(32-38)33-39)53-35-43(42-20-14-21-45(34-42)58-62-56(40-16-8-6-9-17-40)61-57(63-58)41-18-10-7-11-19-41)26-28-49(53)50-29-27-44(36-54(50)60)47-23-15-24-51-48-22-12-13-25-52(48)59(3,4)55(47)51/h6-29,34-39,46H,5,30-33H2,1-4H3. The molecule has 12 rings (SSSR count). The second-order valence-corrected chi connectivity index (χ2v) is 19.6. The quantitative estimate of drug-likeness (QED) is 0.168. The fourth-order valence-corrected chi connectivity index (χ4v) is 13.1. The van der Waals surface area contributed by atoms with Gasteiger partial charge in [0.15, 0.2) is 17.5 Å². The number of nitrogens with zero attached hydrogens (tertiary/aromatic N) is 3. The van der Waals surface area contributed by atoms with Crippen LogP contribution in [-0.2, 0) is 10.8 Å². The SMILES string of the molecule is CCC1CC2CC(C)C3(c4cc(-c5cccc(-c6nc(-c7ccccc7)nc(-c7ccccc7)n6)c5)ccc4-c4ccc(-c5cccc6c5C(C)(C)c5ccccc5-6)cc43)C(C1)C2. The van der Waals surface area contributed by atoms with Gasteiger partial charge in [0, 0.05) is 27.5 Å². The van der Waals surface area contributed by atoms with Crippen LogP contribution in [0, 0.1) is 23.7 Å². The Labute approximate surface area is 372 Å². The third kappa shape index (κ3) is 5.88. The summed E-state index contributed by atoms with van der Waals surface area (Å²) in [6.45, 7) is 9.86. The lowest BCUT2D eigenvalue weighted by atomic mass is 9.49. The summed E-state index contributed by atoms with van der Waals surface area (Å²) in [5.74, 6) is 4.75. The molecule has 2 fully saturated rings. The zero-order valence-corrected chi connectivity index (χ0v) is 36.8. The molecule has 1 heterocycles. The predicted molar refractivity (Wildman–Crippen MR) is 259 cm³/mol. The van der Waals surface area contributed by atoms with Crippen molar-refractivity contribution < 1.29 is 0 Å². The number of hydrogen-bond donors (Lipinski definition) is 0. The average Bonchev–Trinajstić information content (AvgIpc) is 3.76. The highest BCUT2D eigenvalue weighted by atomic mass is 15.0. The van der Waals surface area contributed by atoms with Crippen molar-refractivity contribution in [2.24, 2.45) is 23.7 Å². The molecule has 3 nitrogen and oxygen atoms in total. The highest BCUT2D eigenvalue weighted by Crippen LogP contribution is 2.65. The Morgan fingerprint density at radius 3 is 1.67 bits per heavy atom. The van der Waals surface area contributed by atoms with Gasteiger partial charge < -0.3 is 0 Å². The molecule has 308 valence electrons. The van der Waals surface area contributed by atoms with Crippen LogP contribution in [0.4, 0.5) is 0 Å². The molecule has 5 atom stereocenters. The van der Waals surface area contributed by atoms with Crippen molar-refractivity contribution in [2.75, 3.05) is 0 Å². The monoisotopic (exact) mass is 815 g/mol. The number of benzene rings is 7. The zero-order valence-electron chi connectivity index (χ0n) is 36.8. The summed E-state index contributed by atoms with van der Waals surface area (Å²) in [5.41, 5.74) is 19.6. The molecule has 2 bridgehead atoms. The highest BCUT2D eigenvalue weighted by Gasteiger charge is 2.57. The lowest BCUT2D eigenvalue weighted by Crippen LogP contribution is -2.49. The molecule has 4 aliphatic carbocycles. The van der Waals surface area contributed by atoms with Crippen molar-refractivity contribution in [3.8, 4) is 78.7 Å². The predicted octanol–water partition coefficient (Wildman–Crippen LogP) is 15.3. The summed E-state index contributed by atoms with van der Waals surface area (Å²) < 4.78 is 0. The van der Waals surface area contributed by atoms with E-state index < -0.39 is 0 Å². The Hall–Kier alpha value is -6.45. The topological polar surface area (TPSA) is 38.7 Å². The van der Waals surface area contributed by atoms with Crippen molar-refractivity contribution >= 4 is 0 Å². The van der Waals surface area contributed by atoms with Crippen LogP contribution in [0.2, 0.25) is 0 Å². The lowest BCUT2D eigenvalue weighted by Gasteiger charge is -2.55. The molecular weight excluding hydrogens is 763 g/mol. The first-order chi connectivity index (χ1) is 30.8. The van der Waals surface area contributed by atoms with E-state index in [0.29, 0.717) is 29.3 Å². The molecular formula is C60H53N3. The van der Waals surface area contributed by atoms with Crippen LogP contribution >= 0.6 is 0 Å². The van der Waals surface area contributed by atoms with Crippen LogP contribution < -0.4 is 0 Å². The minimum Gasteiger partial charge on any atom is -0.208 e. The van der Waals surface area contributed by atoms with Crippen LogP contribution in [-0.4, -0.2) is 15.0 Å². The molecule has 7 aromatic carbocycles. The summed E-state index contributed by atoms with van der Waals surface area (Å²) >= 11 is 0. The van der Waals surface area contributed by atoms with Gasteiger partial charge >= 0.3 is 0 Å². The normalized spacial score (nSPS) is 22.3. The lowest BCUT2D eigenvalue weighted by molar-refractivity contribution is 0.0369. The van der Waals surface area contributed by atoms with Crippen LogP contribution in [0.25, 0.3) is 78.7 Å². The summed E-state index contributed by atoms with van der Waals surface area (Å²) in [5, 5.41) is 0. The maximum atomic E-state index is 5.10. The first kappa shape index (κ1) is 38.2. The molecule has 1 spiro atoms. The minimum atomic E-state index is -0.0811. The van der Waals surface area contributed by atoms with E-state index in [9.17, 15) is 0 Å². The summed E-state index contributed by atoms with van der Waals surface area (Å²) in [4.78, 5) is 15.2. The smallest absolute Gasteiger partial charge is 0.164 e. The van der Waals surface area contributed by atoms with Crippen molar-refractivity contribution in [1.29, 1.82) is 0 Å². The summed E-state index contributed by atoms with van der Waals surface area (Å²) in [7, 11) is 0. The zero-order chi connectivity index (χ0) is 42.5. The largest absolute Gasteiger partial charge is 0.208 e. The second kappa shape index (κ2) is 14.6. The fraction of sp³-hybridized carbons (Fsp3) is 0.250. The van der Waals surface area contributed by atoms with Crippen LogP contribution in [0.5, 0.6) is 0 Å². The van der Waals surface area contributed by atoms with Crippen molar-refractivity contribution in [2.45, 2.75) is 70.6 Å². The molecule has 2 saturated carbocycles. The molecule has 63 heavy (non-hydrogen) atoms. The molecule has 3 heteroatoms. The van der Waals surface area contributed by atoms with Gasteiger partial charge in [-0.3, -0.25) is 0 Å². The van der Waals surface area contributed by atoms with Crippen LogP contribution in [0.3, 0.4) is 0 Å². The second-order valence-electron chi connectivity index (χ2n) is 19.6. The number of rotatable bonds is 6. The van der Waals surface area contributed by atoms with E-state index in [-0.39, 0.29) is 10.8 Å². The van der Waals surface area contributed by atoms with Crippen molar-refractivity contribution in [3.05, 3.63) is 186 Å². The van der Waals surface area contributed by atoms with E-state index in [1.165, 1.54) is 93.3 Å². The van der Waals surface area contributed by atoms with E-state index in [4.69, 9.17) is 15.0 Å². The van der Waals surface area contributed by atoms with Gasteiger partial charge in [-0.2, -0.15) is 0 Å². The van der Waals surface area contributed by atoms with Crippen LogP contribution in [0.1, 0.15) is 82.1 Å². The maximum absolute atomic E-state index is 5.10. The first-order valence-corrected chi connectivity index (χ1v) is 23.3. The van der Waals surface area contributed by atoms with E-state index >= 15 is 0 Å². The molecule has 0 aliphatic heterocycles.